The molecule has 2 unspecified atom stereocenters. The standard InChI is InChI=1S/C25H17F4N3O5S.C19H13BrFN3O5S.C6H5F3.2H3P/c1-36-21-13-15(6-8-24(9-10-24)25(27,28)29)18(26)14-20(21)32-19-4-3-17(12-16(19)2-5-23(32)33)38(34,35)31-22-7-11-37-30-22;1-28-17-9-13(20)14(21)10-16(17)24-15-4-3-12(8-11(15)2-5-19(24)25)30(26,27)23-18-6-7-29-22-18;1-2-5(3-4-5)6(7,8)9;;/h2-5,7,11-14H,9-10H2,1H3,(H,30,31);2-10H,1H3,(H,22,23);1H,3-4H2;2*1H3. The molecule has 2 fully saturated rings. The fraction of sp³-hybridized carbons (Fsp3) is 0.200. The lowest BCUT2D eigenvalue weighted by Gasteiger charge is -2.16. The molecule has 4 aromatic carbocycles. The maximum Gasteiger partial charge on any atom is 0.405 e. The van der Waals surface area contributed by atoms with Crippen molar-refractivity contribution in [3.63, 3.8) is 0 Å². The van der Waals surface area contributed by atoms with Crippen LogP contribution in [0.4, 0.5) is 46.8 Å². The molecule has 16 nitrogen and oxygen atoms in total. The number of anilines is 2. The van der Waals surface area contributed by atoms with Crippen molar-refractivity contribution in [2.75, 3.05) is 23.7 Å². The van der Waals surface area contributed by atoms with Crippen molar-refractivity contribution >= 4 is 89.2 Å². The lowest BCUT2D eigenvalue weighted by Crippen LogP contribution is -2.22. The molecule has 4 heterocycles. The number of halogens is 9. The van der Waals surface area contributed by atoms with Crippen LogP contribution >= 0.6 is 35.7 Å². The normalized spacial score (nSPS) is 14.0. The monoisotopic (exact) mass is 1240 g/mol. The number of rotatable bonds is 10. The number of terminal acetylenes is 1. The van der Waals surface area contributed by atoms with Gasteiger partial charge in [0.2, 0.25) is 0 Å². The van der Waals surface area contributed by atoms with Crippen LogP contribution in [0.2, 0.25) is 0 Å². The molecule has 4 aromatic heterocycles. The first-order chi connectivity index (χ1) is 36.3. The first-order valence-electron chi connectivity index (χ1n) is 22.0. The topological polar surface area (TPSA) is 207 Å². The molecule has 8 aromatic rings. The van der Waals surface area contributed by atoms with Gasteiger partial charge in [-0.15, -0.1) is 6.42 Å². The average Bonchev–Trinajstić information content (AvgIpc) is 4.35. The number of hydrogen-bond donors (Lipinski definition) is 2. The molecule has 0 radical (unpaired) electrons. The van der Waals surface area contributed by atoms with Crippen LogP contribution in [-0.2, 0) is 20.0 Å². The van der Waals surface area contributed by atoms with Crippen LogP contribution < -0.4 is 30.0 Å². The van der Waals surface area contributed by atoms with Gasteiger partial charge in [0, 0.05) is 53.2 Å². The highest BCUT2D eigenvalue weighted by atomic mass is 79.9. The molecule has 29 heteroatoms. The molecule has 0 amide bonds. The third-order valence-electron chi connectivity index (χ3n) is 12.0. The number of aromatic nitrogens is 4. The molecule has 2 aliphatic rings. The van der Waals surface area contributed by atoms with Crippen molar-refractivity contribution in [2.45, 2.75) is 47.8 Å². The lowest BCUT2D eigenvalue weighted by atomic mass is 10.1. The van der Waals surface area contributed by atoms with Gasteiger partial charge in [0.15, 0.2) is 11.6 Å². The highest BCUT2D eigenvalue weighted by Crippen LogP contribution is 2.58. The second-order valence-electron chi connectivity index (χ2n) is 16.9. The molecule has 0 aliphatic heterocycles. The van der Waals surface area contributed by atoms with Crippen molar-refractivity contribution in [1.29, 1.82) is 0 Å². The number of ether oxygens (including phenoxy) is 2. The minimum atomic E-state index is -4.52. The van der Waals surface area contributed by atoms with Gasteiger partial charge in [-0.05, 0) is 96.2 Å². The second-order valence-corrected chi connectivity index (χ2v) is 21.2. The number of fused-ring (bicyclic) bond motifs is 2. The number of benzene rings is 4. The van der Waals surface area contributed by atoms with E-state index in [0.717, 1.165) is 22.8 Å². The molecule has 2 N–H and O–H groups in total. The summed E-state index contributed by atoms with van der Waals surface area (Å²) in [6.07, 6.45) is -1.68. The Morgan fingerprint density at radius 1 is 0.633 bits per heavy atom. The van der Waals surface area contributed by atoms with Crippen LogP contribution in [0.5, 0.6) is 11.5 Å². The molecule has 0 spiro atoms. The third kappa shape index (κ3) is 12.8. The van der Waals surface area contributed by atoms with Gasteiger partial charge in [-0.1, -0.05) is 28.1 Å². The van der Waals surface area contributed by atoms with Gasteiger partial charge in [0.25, 0.3) is 31.2 Å². The zero-order chi connectivity index (χ0) is 55.9. The van der Waals surface area contributed by atoms with E-state index in [-0.39, 0.29) is 105 Å². The van der Waals surface area contributed by atoms with Crippen molar-refractivity contribution in [3.05, 3.63) is 152 Å². The molecule has 2 aliphatic carbocycles. The van der Waals surface area contributed by atoms with E-state index >= 15 is 4.39 Å². The minimum absolute atomic E-state index is 0. The van der Waals surface area contributed by atoms with Crippen molar-refractivity contribution in [3.8, 4) is 47.1 Å². The van der Waals surface area contributed by atoms with Gasteiger partial charge < -0.3 is 18.5 Å². The van der Waals surface area contributed by atoms with Crippen molar-refractivity contribution in [1.82, 2.24) is 19.4 Å². The molecule has 2 atom stereocenters. The quantitative estimate of drug-likeness (QED) is 0.0745. The summed E-state index contributed by atoms with van der Waals surface area (Å²) in [7, 11) is -5.33. The van der Waals surface area contributed by atoms with Crippen LogP contribution in [0.25, 0.3) is 33.2 Å². The van der Waals surface area contributed by atoms with Crippen molar-refractivity contribution < 1.29 is 70.5 Å². The number of methoxy groups -OCH3 is 2. The Bertz CT molecular complexity index is 4060. The van der Waals surface area contributed by atoms with E-state index in [4.69, 9.17) is 9.47 Å². The average molecular weight is 1240 g/mol. The van der Waals surface area contributed by atoms with E-state index in [1.165, 1.54) is 110 Å². The molecule has 10 rings (SSSR count). The SMILES string of the molecule is C#CC1(C(F)(F)F)CC1.COc1cc(Br)c(F)cc1-n1c(=O)ccc2cc(S(=O)(=O)Nc3ccon3)ccc21.COc1cc(C#CC2(C(F)(F)F)CC2)c(F)cc1-n1c(=O)ccc2cc(S(=O)(=O)Nc3ccon3)ccc21.P.P. The largest absolute Gasteiger partial charge is 0.495 e. The van der Waals surface area contributed by atoms with Gasteiger partial charge in [0.05, 0.1) is 56.5 Å². The Kier molecular flexibility index (Phi) is 17.9. The molecular weight excluding hydrogens is 1200 g/mol. The molecular formula is C50H41BrF8N6O10P2S2. The van der Waals surface area contributed by atoms with Gasteiger partial charge in [-0.25, -0.2) is 25.6 Å². The Morgan fingerprint density at radius 2 is 1.06 bits per heavy atom. The van der Waals surface area contributed by atoms with Crippen LogP contribution in [0.3, 0.4) is 0 Å². The summed E-state index contributed by atoms with van der Waals surface area (Å²) >= 11 is 3.09. The van der Waals surface area contributed by atoms with Crippen LogP contribution in [0.15, 0.2) is 142 Å². The van der Waals surface area contributed by atoms with E-state index in [2.05, 4.69) is 63.0 Å². The van der Waals surface area contributed by atoms with Gasteiger partial charge in [-0.3, -0.25) is 28.2 Å². The fourth-order valence-corrected chi connectivity index (χ4v) is 9.84. The number of hydrogen-bond acceptors (Lipinski definition) is 12. The number of nitrogens with zero attached hydrogens (tertiary/aromatic N) is 4. The molecule has 416 valence electrons. The second kappa shape index (κ2) is 23.2. The summed E-state index contributed by atoms with van der Waals surface area (Å²) in [6, 6.07) is 20.8. The molecule has 0 bridgehead atoms. The maximum atomic E-state index is 15.0. The zero-order valence-electron chi connectivity index (χ0n) is 40.8. The Hall–Kier alpha value is -7.28. The third-order valence-corrected chi connectivity index (χ3v) is 15.3. The highest BCUT2D eigenvalue weighted by molar-refractivity contribution is 9.10. The zero-order valence-corrected chi connectivity index (χ0v) is 46.8. The Balaban J connectivity index is 0.000000219. The smallest absolute Gasteiger partial charge is 0.405 e. The maximum absolute atomic E-state index is 15.0. The Morgan fingerprint density at radius 3 is 1.43 bits per heavy atom. The number of nitrogens with one attached hydrogen (secondary N) is 2. The summed E-state index contributed by atoms with van der Waals surface area (Å²) in [5.41, 5.74) is -4.47. The van der Waals surface area contributed by atoms with E-state index in [0.29, 0.717) is 16.3 Å². The van der Waals surface area contributed by atoms with E-state index in [1.807, 2.05) is 0 Å². The van der Waals surface area contributed by atoms with Crippen LogP contribution in [0, 0.1) is 46.6 Å². The lowest BCUT2D eigenvalue weighted by molar-refractivity contribution is -0.169. The van der Waals surface area contributed by atoms with Gasteiger partial charge in [-0.2, -0.15) is 46.1 Å². The number of pyridine rings is 2. The highest BCUT2D eigenvalue weighted by Gasteiger charge is 2.63. The Labute approximate surface area is 458 Å². The van der Waals surface area contributed by atoms with Gasteiger partial charge in [0.1, 0.15) is 46.5 Å². The molecule has 2 saturated carbocycles. The van der Waals surface area contributed by atoms with Gasteiger partial charge >= 0.3 is 12.4 Å². The summed E-state index contributed by atoms with van der Waals surface area (Å²) in [4.78, 5) is 25.3. The molecule has 0 saturated heterocycles. The fourth-order valence-electron chi connectivity index (χ4n) is 7.46. The summed E-state index contributed by atoms with van der Waals surface area (Å²) in [5.74, 6) is 4.91. The first kappa shape index (κ1) is 60.9. The van der Waals surface area contributed by atoms with Crippen LogP contribution in [0.1, 0.15) is 31.2 Å². The van der Waals surface area contributed by atoms with E-state index in [9.17, 15) is 57.2 Å². The van der Waals surface area contributed by atoms with E-state index < -0.39 is 66.0 Å². The van der Waals surface area contributed by atoms with Crippen LogP contribution in [-0.4, -0.2) is 62.9 Å². The van der Waals surface area contributed by atoms with Crippen molar-refractivity contribution in [2.24, 2.45) is 10.8 Å². The predicted molar refractivity (Wildman–Crippen MR) is 288 cm³/mol. The summed E-state index contributed by atoms with van der Waals surface area (Å²) in [6.45, 7) is 0. The minimum Gasteiger partial charge on any atom is -0.495 e. The predicted octanol–water partition coefficient (Wildman–Crippen LogP) is 10.4. The first-order valence-corrected chi connectivity index (χ1v) is 25.8. The summed E-state index contributed by atoms with van der Waals surface area (Å²) in [5, 5.41) is 7.80. The molecule has 79 heavy (non-hydrogen) atoms. The number of alkyl halides is 6. The summed E-state index contributed by atoms with van der Waals surface area (Å²) < 4.78 is 182. The van der Waals surface area contributed by atoms with E-state index in [1.54, 1.807) is 5.92 Å². The number of sulfonamides is 2.